The van der Waals surface area contributed by atoms with Gasteiger partial charge in [0.2, 0.25) is 0 Å². The minimum absolute atomic E-state index is 0.371. The quantitative estimate of drug-likeness (QED) is 0.790. The third kappa shape index (κ3) is 3.46. The average molecular weight is 244 g/mol. The fraction of sp³-hybridized carbons (Fsp3) is 0.214. The summed E-state index contributed by atoms with van der Waals surface area (Å²) >= 11 is 0. The van der Waals surface area contributed by atoms with Gasteiger partial charge in [-0.25, -0.2) is 0 Å². The Bertz CT molecular complexity index is 474. The monoisotopic (exact) mass is 244 g/mol. The number of pyridine rings is 1. The van der Waals surface area contributed by atoms with Crippen LogP contribution in [0.1, 0.15) is 5.69 Å². The molecule has 0 atom stereocenters. The molecule has 0 amide bonds. The number of nitrogens with zero attached hydrogens (tertiary/aromatic N) is 1. The van der Waals surface area contributed by atoms with E-state index >= 15 is 0 Å². The van der Waals surface area contributed by atoms with Crippen LogP contribution in [0.25, 0.3) is 0 Å². The van der Waals surface area contributed by atoms with Crippen molar-refractivity contribution >= 4 is 0 Å². The predicted molar refractivity (Wildman–Crippen MR) is 69.6 cm³/mol. The van der Waals surface area contributed by atoms with E-state index in [1.54, 1.807) is 6.20 Å². The molecule has 4 nitrogen and oxygen atoms in total. The van der Waals surface area contributed by atoms with E-state index in [0.717, 1.165) is 17.2 Å². The number of aromatic nitrogens is 1. The molecule has 0 fully saturated rings. The Hall–Kier alpha value is -2.07. The summed E-state index contributed by atoms with van der Waals surface area (Å²) in [5.74, 6) is 1.56. The summed E-state index contributed by atoms with van der Waals surface area (Å²) in [4.78, 5) is 4.14. The molecule has 0 saturated carbocycles. The molecule has 0 aliphatic heterocycles. The molecule has 0 aliphatic carbocycles. The summed E-state index contributed by atoms with van der Waals surface area (Å²) in [5.41, 5.74) is 6.33. The third-order valence-corrected chi connectivity index (χ3v) is 2.39. The zero-order valence-electron chi connectivity index (χ0n) is 10.1. The molecular weight excluding hydrogens is 228 g/mol. The molecule has 1 heterocycles. The van der Waals surface area contributed by atoms with Gasteiger partial charge in [0.1, 0.15) is 24.7 Å². The normalized spacial score (nSPS) is 10.1. The van der Waals surface area contributed by atoms with Crippen LogP contribution in [0.2, 0.25) is 0 Å². The van der Waals surface area contributed by atoms with Gasteiger partial charge in [0.05, 0.1) is 5.69 Å². The van der Waals surface area contributed by atoms with Crippen molar-refractivity contribution in [2.24, 2.45) is 5.73 Å². The smallest absolute Gasteiger partial charge is 0.142 e. The van der Waals surface area contributed by atoms with Crippen LogP contribution in [-0.4, -0.2) is 18.2 Å². The molecule has 0 radical (unpaired) electrons. The number of para-hydroxylation sites is 1. The van der Waals surface area contributed by atoms with E-state index in [1.165, 1.54) is 0 Å². The van der Waals surface area contributed by atoms with Crippen molar-refractivity contribution in [1.29, 1.82) is 0 Å². The Kier molecular flexibility index (Phi) is 4.55. The second-order valence-corrected chi connectivity index (χ2v) is 3.66. The molecule has 18 heavy (non-hydrogen) atoms. The topological polar surface area (TPSA) is 57.4 Å². The maximum Gasteiger partial charge on any atom is 0.142 e. The van der Waals surface area contributed by atoms with Crippen molar-refractivity contribution in [1.82, 2.24) is 4.98 Å². The van der Waals surface area contributed by atoms with E-state index in [1.807, 2.05) is 42.5 Å². The summed E-state index contributed by atoms with van der Waals surface area (Å²) in [5, 5.41) is 0. The summed E-state index contributed by atoms with van der Waals surface area (Å²) < 4.78 is 11.1. The Morgan fingerprint density at radius 3 is 2.50 bits per heavy atom. The molecule has 0 unspecified atom stereocenters. The molecular formula is C14H16N2O2. The highest BCUT2D eigenvalue weighted by atomic mass is 16.5. The molecule has 2 N–H and O–H groups in total. The molecule has 0 saturated heterocycles. The second-order valence-electron chi connectivity index (χ2n) is 3.66. The molecule has 0 aliphatic rings. The first-order valence-corrected chi connectivity index (χ1v) is 5.85. The number of benzene rings is 1. The zero-order chi connectivity index (χ0) is 12.6. The van der Waals surface area contributed by atoms with Gasteiger partial charge in [0.15, 0.2) is 0 Å². The molecule has 1 aromatic heterocycles. The molecule has 4 heteroatoms. The van der Waals surface area contributed by atoms with Crippen LogP contribution in [0.3, 0.4) is 0 Å². The van der Waals surface area contributed by atoms with E-state index < -0.39 is 0 Å². The van der Waals surface area contributed by atoms with Gasteiger partial charge in [-0.05, 0) is 24.3 Å². The second kappa shape index (κ2) is 6.61. The first-order chi connectivity index (χ1) is 8.90. The summed E-state index contributed by atoms with van der Waals surface area (Å²) in [6.07, 6.45) is 1.70. The molecule has 1 aromatic carbocycles. The van der Waals surface area contributed by atoms with E-state index in [0.29, 0.717) is 19.8 Å². The Labute approximate surface area is 106 Å². The highest BCUT2D eigenvalue weighted by Crippen LogP contribution is 2.14. The van der Waals surface area contributed by atoms with Crippen molar-refractivity contribution in [2.75, 3.05) is 13.2 Å². The van der Waals surface area contributed by atoms with Crippen molar-refractivity contribution < 1.29 is 9.47 Å². The van der Waals surface area contributed by atoms with Crippen LogP contribution >= 0.6 is 0 Å². The molecule has 2 rings (SSSR count). The van der Waals surface area contributed by atoms with Gasteiger partial charge in [-0.2, -0.15) is 0 Å². The number of nitrogens with two attached hydrogens (primary N) is 1. The van der Waals surface area contributed by atoms with Gasteiger partial charge >= 0.3 is 0 Å². The number of rotatable bonds is 6. The average Bonchev–Trinajstić information content (AvgIpc) is 2.45. The van der Waals surface area contributed by atoms with Crippen LogP contribution < -0.4 is 15.2 Å². The zero-order valence-corrected chi connectivity index (χ0v) is 10.1. The predicted octanol–water partition coefficient (Wildman–Crippen LogP) is 2.00. The number of ether oxygens (including phenoxy) is 2. The van der Waals surface area contributed by atoms with Gasteiger partial charge in [-0.3, -0.25) is 4.98 Å². The first-order valence-electron chi connectivity index (χ1n) is 5.85. The summed E-state index contributed by atoms with van der Waals surface area (Å²) in [6, 6.07) is 13.3. The van der Waals surface area contributed by atoms with Crippen molar-refractivity contribution in [2.45, 2.75) is 6.54 Å². The Balaban J connectivity index is 1.78. The lowest BCUT2D eigenvalue weighted by Crippen LogP contribution is -2.11. The fourth-order valence-corrected chi connectivity index (χ4v) is 1.54. The fourth-order valence-electron chi connectivity index (χ4n) is 1.54. The van der Waals surface area contributed by atoms with Gasteiger partial charge in [-0.1, -0.05) is 18.2 Å². The van der Waals surface area contributed by atoms with Gasteiger partial charge in [-0.15, -0.1) is 0 Å². The molecule has 0 spiro atoms. The lowest BCUT2D eigenvalue weighted by molar-refractivity contribution is 0.215. The third-order valence-electron chi connectivity index (χ3n) is 2.39. The summed E-state index contributed by atoms with van der Waals surface area (Å²) in [7, 11) is 0. The lowest BCUT2D eigenvalue weighted by Gasteiger charge is -2.10. The Morgan fingerprint density at radius 1 is 0.944 bits per heavy atom. The van der Waals surface area contributed by atoms with Crippen LogP contribution in [0.15, 0.2) is 48.7 Å². The van der Waals surface area contributed by atoms with E-state index in [4.69, 9.17) is 15.2 Å². The molecule has 94 valence electrons. The van der Waals surface area contributed by atoms with Crippen LogP contribution in [0.4, 0.5) is 0 Å². The first kappa shape index (κ1) is 12.4. The summed E-state index contributed by atoms with van der Waals surface area (Å²) in [6.45, 7) is 1.33. The SMILES string of the molecule is NCc1ncccc1OCCOc1ccccc1. The minimum Gasteiger partial charge on any atom is -0.490 e. The highest BCUT2D eigenvalue weighted by molar-refractivity contribution is 5.26. The largest absolute Gasteiger partial charge is 0.490 e. The maximum atomic E-state index is 5.58. The minimum atomic E-state index is 0.371. The van der Waals surface area contributed by atoms with E-state index in [9.17, 15) is 0 Å². The van der Waals surface area contributed by atoms with E-state index in [-0.39, 0.29) is 0 Å². The van der Waals surface area contributed by atoms with Gasteiger partial charge in [0, 0.05) is 12.7 Å². The Morgan fingerprint density at radius 2 is 1.72 bits per heavy atom. The number of hydrogen-bond acceptors (Lipinski definition) is 4. The van der Waals surface area contributed by atoms with Crippen LogP contribution in [0, 0.1) is 0 Å². The van der Waals surface area contributed by atoms with Crippen molar-refractivity contribution in [3.63, 3.8) is 0 Å². The highest BCUT2D eigenvalue weighted by Gasteiger charge is 2.02. The van der Waals surface area contributed by atoms with Crippen molar-refractivity contribution in [3.05, 3.63) is 54.4 Å². The standard InChI is InChI=1S/C14H16N2O2/c15-11-13-14(7-4-8-16-13)18-10-9-17-12-5-2-1-3-6-12/h1-8H,9-11,15H2. The van der Waals surface area contributed by atoms with Crippen LogP contribution in [0.5, 0.6) is 11.5 Å². The van der Waals surface area contributed by atoms with E-state index in [2.05, 4.69) is 4.98 Å². The van der Waals surface area contributed by atoms with Crippen molar-refractivity contribution in [3.8, 4) is 11.5 Å². The van der Waals surface area contributed by atoms with Crippen LogP contribution in [-0.2, 0) is 6.54 Å². The number of hydrogen-bond donors (Lipinski definition) is 1. The van der Waals surface area contributed by atoms with Gasteiger partial charge in [0.25, 0.3) is 0 Å². The molecule has 0 bridgehead atoms. The molecule has 2 aromatic rings. The lowest BCUT2D eigenvalue weighted by atomic mass is 10.3. The maximum absolute atomic E-state index is 5.58. The van der Waals surface area contributed by atoms with Gasteiger partial charge < -0.3 is 15.2 Å².